The second-order valence-electron chi connectivity index (χ2n) is 1.01. The van der Waals surface area contributed by atoms with Gasteiger partial charge in [-0.15, -0.1) is 0 Å². The standard InChI is InChI=1S/C4H6O2.H2O.H2/c1-2-6-4-3-5-1;;/h1-2H,3-4H2;1H2;1H/p+1. The molecule has 7 heavy (non-hydrogen) atoms. The van der Waals surface area contributed by atoms with E-state index >= 15 is 0 Å². The van der Waals surface area contributed by atoms with Crippen LogP contribution in [0.5, 0.6) is 0 Å². The molecule has 1 heterocycles. The summed E-state index contributed by atoms with van der Waals surface area (Å²) >= 11 is 0. The fourth-order valence-corrected chi connectivity index (χ4v) is 0.311. The molecule has 0 spiro atoms. The van der Waals surface area contributed by atoms with Gasteiger partial charge in [0.25, 0.3) is 0 Å². The van der Waals surface area contributed by atoms with Crippen LogP contribution in [0, 0.1) is 0 Å². The molecule has 1 aliphatic heterocycles. The average molecular weight is 107 g/mol. The summed E-state index contributed by atoms with van der Waals surface area (Å²) in [5.41, 5.74) is 0. The van der Waals surface area contributed by atoms with Gasteiger partial charge in [-0.2, -0.15) is 0 Å². The molecule has 0 saturated heterocycles. The van der Waals surface area contributed by atoms with E-state index in [1.165, 1.54) is 0 Å². The highest BCUT2D eigenvalue weighted by Gasteiger charge is 1.85. The minimum absolute atomic E-state index is 0. The SMILES string of the molecule is C1=COCCO1.O.[H+].[HH]. The van der Waals surface area contributed by atoms with Crippen molar-refractivity contribution in [3.63, 3.8) is 0 Å². The van der Waals surface area contributed by atoms with Gasteiger partial charge in [0.15, 0.2) is 0 Å². The van der Waals surface area contributed by atoms with Gasteiger partial charge in [0.1, 0.15) is 25.7 Å². The van der Waals surface area contributed by atoms with Crippen LogP contribution in [-0.4, -0.2) is 18.7 Å². The molecule has 2 N–H and O–H groups in total. The quantitative estimate of drug-likeness (QED) is 0.438. The second-order valence-corrected chi connectivity index (χ2v) is 1.01. The summed E-state index contributed by atoms with van der Waals surface area (Å²) in [6.45, 7) is 1.38. The fourth-order valence-electron chi connectivity index (χ4n) is 0.311. The molecule has 1 aliphatic rings. The Morgan fingerprint density at radius 3 is 1.86 bits per heavy atom. The third-order valence-corrected chi connectivity index (χ3v) is 0.567. The Hall–Kier alpha value is -0.700. The molecule has 0 amide bonds. The number of hydrogen-bond donors (Lipinski definition) is 0. The second kappa shape index (κ2) is 3.49. The first kappa shape index (κ1) is 6.30. The van der Waals surface area contributed by atoms with Crippen LogP contribution in [0.25, 0.3) is 0 Å². The zero-order chi connectivity index (χ0) is 4.24. The summed E-state index contributed by atoms with van der Waals surface area (Å²) in [5.74, 6) is 0. The topological polar surface area (TPSA) is 50.0 Å². The summed E-state index contributed by atoms with van der Waals surface area (Å²) in [7, 11) is 0. The monoisotopic (exact) mass is 107 g/mol. The van der Waals surface area contributed by atoms with Gasteiger partial charge in [0.2, 0.25) is 0 Å². The highest BCUT2D eigenvalue weighted by molar-refractivity contribution is 4.64. The van der Waals surface area contributed by atoms with Crippen molar-refractivity contribution in [2.75, 3.05) is 13.2 Å². The normalized spacial score (nSPS) is 16.0. The Bertz CT molecular complexity index is 58.8. The summed E-state index contributed by atoms with van der Waals surface area (Å²) in [6.07, 6.45) is 3.09. The van der Waals surface area contributed by atoms with Crippen molar-refractivity contribution in [2.24, 2.45) is 0 Å². The van der Waals surface area contributed by atoms with Gasteiger partial charge in [-0.05, 0) is 0 Å². The first-order valence-corrected chi connectivity index (χ1v) is 1.88. The highest BCUT2D eigenvalue weighted by Crippen LogP contribution is 1.87. The van der Waals surface area contributed by atoms with Gasteiger partial charge in [0, 0.05) is 1.43 Å². The summed E-state index contributed by atoms with van der Waals surface area (Å²) < 4.78 is 9.53. The number of ether oxygens (including phenoxy) is 2. The molecule has 0 unspecified atom stereocenters. The third kappa shape index (κ3) is 2.05. The van der Waals surface area contributed by atoms with E-state index in [0.717, 1.165) is 0 Å². The Labute approximate surface area is 44.8 Å². The minimum Gasteiger partial charge on any atom is -0.494 e. The van der Waals surface area contributed by atoms with E-state index in [1.54, 1.807) is 12.5 Å². The molecule has 0 bridgehead atoms. The van der Waals surface area contributed by atoms with Crippen molar-refractivity contribution in [3.05, 3.63) is 12.5 Å². The van der Waals surface area contributed by atoms with Crippen LogP contribution in [0.4, 0.5) is 0 Å². The predicted molar refractivity (Wildman–Crippen MR) is 27.9 cm³/mol. The molecular weight excluding hydrogens is 96.0 g/mol. The van der Waals surface area contributed by atoms with Gasteiger partial charge in [-0.25, -0.2) is 0 Å². The first-order valence-electron chi connectivity index (χ1n) is 1.88. The molecule has 0 aromatic rings. The van der Waals surface area contributed by atoms with Gasteiger partial charge in [0.05, 0.1) is 0 Å². The zero-order valence-electron chi connectivity index (χ0n) is 4.89. The van der Waals surface area contributed by atoms with Gasteiger partial charge in [-0.1, -0.05) is 0 Å². The minimum atomic E-state index is 0. The molecule has 0 saturated carbocycles. The lowest BCUT2D eigenvalue weighted by atomic mass is 10.7. The van der Waals surface area contributed by atoms with Crippen LogP contribution >= 0.6 is 0 Å². The molecule has 3 heteroatoms. The van der Waals surface area contributed by atoms with E-state index in [-0.39, 0.29) is 8.33 Å². The summed E-state index contributed by atoms with van der Waals surface area (Å²) in [6, 6.07) is 0. The van der Waals surface area contributed by atoms with Gasteiger partial charge >= 0.3 is 1.43 Å². The third-order valence-electron chi connectivity index (χ3n) is 0.567. The van der Waals surface area contributed by atoms with Crippen molar-refractivity contribution in [3.8, 4) is 0 Å². The molecule has 0 aromatic carbocycles. The van der Waals surface area contributed by atoms with Crippen LogP contribution in [-0.2, 0) is 9.47 Å². The Kier molecular flexibility index (Phi) is 3.14. The molecule has 3 nitrogen and oxygen atoms in total. The van der Waals surface area contributed by atoms with E-state index in [9.17, 15) is 0 Å². The lowest BCUT2D eigenvalue weighted by molar-refractivity contribution is 0.108. The van der Waals surface area contributed by atoms with Crippen LogP contribution in [0.15, 0.2) is 12.5 Å². The van der Waals surface area contributed by atoms with Crippen molar-refractivity contribution in [1.82, 2.24) is 0 Å². The van der Waals surface area contributed by atoms with E-state index in [4.69, 9.17) is 9.47 Å². The lowest BCUT2D eigenvalue weighted by Crippen LogP contribution is -2.00. The Morgan fingerprint density at radius 2 is 1.71 bits per heavy atom. The van der Waals surface area contributed by atoms with Gasteiger partial charge in [-0.3, -0.25) is 0 Å². The molecule has 0 aromatic heterocycles. The molecular formula is C4H11O3+. The van der Waals surface area contributed by atoms with Crippen molar-refractivity contribution < 1.29 is 17.8 Å². The summed E-state index contributed by atoms with van der Waals surface area (Å²) in [4.78, 5) is 0. The van der Waals surface area contributed by atoms with E-state index in [0.29, 0.717) is 13.2 Å². The molecule has 0 radical (unpaired) electrons. The van der Waals surface area contributed by atoms with Crippen LogP contribution in [0.2, 0.25) is 0 Å². The molecule has 44 valence electrons. The van der Waals surface area contributed by atoms with E-state index in [1.807, 2.05) is 0 Å². The predicted octanol–water partition coefficient (Wildman–Crippen LogP) is 0.0382. The lowest BCUT2D eigenvalue weighted by Gasteiger charge is -2.04. The molecule has 0 aliphatic carbocycles. The number of hydrogen-bond acceptors (Lipinski definition) is 2. The first-order chi connectivity index (χ1) is 3.00. The van der Waals surface area contributed by atoms with Crippen molar-refractivity contribution >= 4 is 0 Å². The Balaban J connectivity index is -0.000000120. The summed E-state index contributed by atoms with van der Waals surface area (Å²) in [5, 5.41) is 0. The fraction of sp³-hybridized carbons (Fsp3) is 0.500. The largest absolute Gasteiger partial charge is 1.00 e. The number of rotatable bonds is 0. The molecule has 0 atom stereocenters. The van der Waals surface area contributed by atoms with Gasteiger partial charge < -0.3 is 14.9 Å². The molecule has 0 fully saturated rings. The van der Waals surface area contributed by atoms with Crippen LogP contribution in [0.3, 0.4) is 0 Å². The Morgan fingerprint density at radius 1 is 1.29 bits per heavy atom. The zero-order valence-corrected chi connectivity index (χ0v) is 3.89. The highest BCUT2D eigenvalue weighted by atomic mass is 16.5. The maximum atomic E-state index is 4.76. The van der Waals surface area contributed by atoms with Crippen LogP contribution in [0.1, 0.15) is 2.85 Å². The average Bonchev–Trinajstić information content (AvgIpc) is 1.72. The van der Waals surface area contributed by atoms with Crippen LogP contribution < -0.4 is 0 Å². The van der Waals surface area contributed by atoms with Crippen molar-refractivity contribution in [1.29, 1.82) is 0 Å². The molecule has 1 rings (SSSR count). The maximum Gasteiger partial charge on any atom is 1.00 e. The smallest absolute Gasteiger partial charge is 0.494 e. The maximum absolute atomic E-state index is 4.76. The van der Waals surface area contributed by atoms with Crippen molar-refractivity contribution in [2.45, 2.75) is 0 Å². The van der Waals surface area contributed by atoms with E-state index in [2.05, 4.69) is 0 Å². The van der Waals surface area contributed by atoms with E-state index < -0.39 is 0 Å².